The first kappa shape index (κ1) is 17.4. The molecule has 0 radical (unpaired) electrons. The minimum atomic E-state index is -0.620. The number of rotatable bonds is 6. The summed E-state index contributed by atoms with van der Waals surface area (Å²) in [5.41, 5.74) is 1.03. The number of anilines is 1. The molecule has 1 N–H and O–H groups in total. The van der Waals surface area contributed by atoms with E-state index < -0.39 is 10.8 Å². The largest absolute Gasteiger partial charge is 0.483 e. The number of nitrogens with one attached hydrogen (secondary N) is 1. The van der Waals surface area contributed by atoms with Gasteiger partial charge >= 0.3 is 0 Å². The van der Waals surface area contributed by atoms with Crippen LogP contribution in [0.1, 0.15) is 15.9 Å². The zero-order valence-electron chi connectivity index (χ0n) is 12.6. The number of hydrogen-bond donors (Lipinski definition) is 1. The lowest BCUT2D eigenvalue weighted by molar-refractivity contribution is -0.384. The number of carbonyl (C=O) groups is 2. The lowest BCUT2D eigenvalue weighted by Crippen LogP contribution is -2.21. The highest BCUT2D eigenvalue weighted by Crippen LogP contribution is 2.24. The van der Waals surface area contributed by atoms with Crippen LogP contribution in [0.25, 0.3) is 0 Å². The first-order valence-electron chi connectivity index (χ1n) is 6.83. The number of ether oxygens (including phenoxy) is 1. The summed E-state index contributed by atoms with van der Waals surface area (Å²) in [5.74, 6) is -0.357. The number of benzene rings is 2. The molecule has 7 nitrogen and oxygen atoms in total. The van der Waals surface area contributed by atoms with Crippen LogP contribution in [0.5, 0.6) is 5.75 Å². The fourth-order valence-corrected chi connectivity index (χ4v) is 2.12. The fourth-order valence-electron chi connectivity index (χ4n) is 1.95. The summed E-state index contributed by atoms with van der Waals surface area (Å²) in [5, 5.41) is 13.8. The smallest absolute Gasteiger partial charge is 0.270 e. The van der Waals surface area contributed by atoms with Gasteiger partial charge in [0, 0.05) is 22.8 Å². The van der Waals surface area contributed by atoms with E-state index in [4.69, 9.17) is 16.3 Å². The Morgan fingerprint density at radius 3 is 2.79 bits per heavy atom. The van der Waals surface area contributed by atoms with E-state index in [9.17, 15) is 19.7 Å². The Kier molecular flexibility index (Phi) is 5.49. The van der Waals surface area contributed by atoms with Gasteiger partial charge in [0.05, 0.1) is 10.5 Å². The lowest BCUT2D eigenvalue weighted by atomic mass is 10.2. The fraction of sp³-hybridized carbons (Fsp3) is 0.125. The van der Waals surface area contributed by atoms with Gasteiger partial charge < -0.3 is 10.1 Å². The highest BCUT2D eigenvalue weighted by Gasteiger charge is 2.13. The molecule has 0 aromatic heterocycles. The molecule has 0 spiro atoms. The summed E-state index contributed by atoms with van der Waals surface area (Å²) >= 11 is 5.97. The van der Waals surface area contributed by atoms with Crippen molar-refractivity contribution in [1.82, 2.24) is 0 Å². The highest BCUT2D eigenvalue weighted by molar-refractivity contribution is 6.31. The normalized spacial score (nSPS) is 10.1. The minimum absolute atomic E-state index is 0.00376. The maximum Gasteiger partial charge on any atom is 0.270 e. The van der Waals surface area contributed by atoms with E-state index in [2.05, 4.69) is 5.32 Å². The van der Waals surface area contributed by atoms with E-state index in [0.717, 1.165) is 11.6 Å². The van der Waals surface area contributed by atoms with Crippen molar-refractivity contribution in [3.05, 3.63) is 62.7 Å². The average Bonchev–Trinajstić information content (AvgIpc) is 2.56. The summed E-state index contributed by atoms with van der Waals surface area (Å²) < 4.78 is 5.27. The number of amides is 1. The molecule has 2 aromatic rings. The molecule has 2 aromatic carbocycles. The number of carbonyl (C=O) groups excluding carboxylic acids is 2. The molecule has 0 aliphatic heterocycles. The molecular weight excluding hydrogens is 336 g/mol. The molecule has 24 heavy (non-hydrogen) atoms. The van der Waals surface area contributed by atoms with E-state index in [0.29, 0.717) is 17.0 Å². The molecule has 0 bridgehead atoms. The number of aldehydes is 1. The Balaban J connectivity index is 2.05. The molecular formula is C16H13ClN2O5. The van der Waals surface area contributed by atoms with Gasteiger partial charge in [-0.3, -0.25) is 19.7 Å². The standard InChI is InChI=1S/C16H13ClN2O5/c1-10-13(17)3-2-4-14(10)18-16(21)9-24-15-6-5-12(19(22)23)7-11(15)8-20/h2-8H,9H2,1H3,(H,18,21). The Morgan fingerprint density at radius 2 is 2.12 bits per heavy atom. The second kappa shape index (κ2) is 7.56. The number of nitrogens with zero attached hydrogens (tertiary/aromatic N) is 1. The van der Waals surface area contributed by atoms with Gasteiger partial charge in [-0.25, -0.2) is 0 Å². The van der Waals surface area contributed by atoms with Gasteiger partial charge in [0.15, 0.2) is 12.9 Å². The molecule has 1 amide bonds. The molecule has 0 heterocycles. The second-order valence-corrected chi connectivity index (χ2v) is 5.25. The summed E-state index contributed by atoms with van der Waals surface area (Å²) in [6, 6.07) is 8.66. The van der Waals surface area contributed by atoms with Gasteiger partial charge in [-0.2, -0.15) is 0 Å². The third kappa shape index (κ3) is 4.08. The van der Waals surface area contributed by atoms with Crippen LogP contribution in [-0.4, -0.2) is 23.7 Å². The predicted octanol–water partition coefficient (Wildman–Crippen LogP) is 3.39. The van der Waals surface area contributed by atoms with Crippen molar-refractivity contribution in [3.8, 4) is 5.75 Å². The number of nitro benzene ring substituents is 1. The van der Waals surface area contributed by atoms with E-state index in [1.165, 1.54) is 12.1 Å². The summed E-state index contributed by atoms with van der Waals surface area (Å²) in [6.07, 6.45) is 0.432. The SMILES string of the molecule is Cc1c(Cl)cccc1NC(=O)COc1ccc([N+](=O)[O-])cc1C=O. The first-order chi connectivity index (χ1) is 11.4. The van der Waals surface area contributed by atoms with Crippen molar-refractivity contribution in [1.29, 1.82) is 0 Å². The molecule has 0 atom stereocenters. The Hall–Kier alpha value is -2.93. The Bertz CT molecular complexity index is 807. The molecule has 0 aliphatic carbocycles. The Labute approximate surface area is 142 Å². The lowest BCUT2D eigenvalue weighted by Gasteiger charge is -2.11. The number of halogens is 1. The number of nitro groups is 1. The van der Waals surface area contributed by atoms with Gasteiger partial charge in [0.1, 0.15) is 5.75 Å². The average molecular weight is 349 g/mol. The summed E-state index contributed by atoms with van der Waals surface area (Å²) in [6.45, 7) is 1.41. The van der Waals surface area contributed by atoms with Crippen LogP contribution in [0.2, 0.25) is 5.02 Å². The predicted molar refractivity (Wildman–Crippen MR) is 88.8 cm³/mol. The van der Waals surface area contributed by atoms with Crippen LogP contribution < -0.4 is 10.1 Å². The first-order valence-corrected chi connectivity index (χ1v) is 7.21. The van der Waals surface area contributed by atoms with Crippen molar-refractivity contribution in [2.75, 3.05) is 11.9 Å². The van der Waals surface area contributed by atoms with Crippen molar-refractivity contribution in [2.45, 2.75) is 6.92 Å². The monoisotopic (exact) mass is 348 g/mol. The third-order valence-corrected chi connectivity index (χ3v) is 3.64. The molecule has 8 heteroatoms. The molecule has 2 rings (SSSR count). The molecule has 0 saturated carbocycles. The molecule has 0 fully saturated rings. The van der Waals surface area contributed by atoms with Crippen LogP contribution in [-0.2, 0) is 4.79 Å². The molecule has 0 aliphatic rings. The van der Waals surface area contributed by atoms with E-state index in [-0.39, 0.29) is 23.6 Å². The van der Waals surface area contributed by atoms with Crippen molar-refractivity contribution in [3.63, 3.8) is 0 Å². The maximum atomic E-state index is 11.9. The number of hydrogen-bond acceptors (Lipinski definition) is 5. The second-order valence-electron chi connectivity index (χ2n) is 4.85. The van der Waals surface area contributed by atoms with Crippen LogP contribution in [0.4, 0.5) is 11.4 Å². The van der Waals surface area contributed by atoms with Gasteiger partial charge in [-0.05, 0) is 30.7 Å². The topological polar surface area (TPSA) is 98.5 Å². The van der Waals surface area contributed by atoms with Gasteiger partial charge in [0.2, 0.25) is 0 Å². The summed E-state index contributed by atoms with van der Waals surface area (Å²) in [4.78, 5) is 33.0. The molecule has 124 valence electrons. The van der Waals surface area contributed by atoms with Crippen molar-refractivity contribution < 1.29 is 19.2 Å². The highest BCUT2D eigenvalue weighted by atomic mass is 35.5. The van der Waals surface area contributed by atoms with Crippen LogP contribution >= 0.6 is 11.6 Å². The van der Waals surface area contributed by atoms with Crippen LogP contribution in [0.15, 0.2) is 36.4 Å². The summed E-state index contributed by atoms with van der Waals surface area (Å²) in [7, 11) is 0. The van der Waals surface area contributed by atoms with Crippen LogP contribution in [0, 0.1) is 17.0 Å². The van der Waals surface area contributed by atoms with E-state index >= 15 is 0 Å². The van der Waals surface area contributed by atoms with Gasteiger partial charge in [0.25, 0.3) is 11.6 Å². The zero-order valence-corrected chi connectivity index (χ0v) is 13.4. The third-order valence-electron chi connectivity index (χ3n) is 3.23. The van der Waals surface area contributed by atoms with E-state index in [1.54, 1.807) is 25.1 Å². The van der Waals surface area contributed by atoms with Gasteiger partial charge in [-0.15, -0.1) is 0 Å². The quantitative estimate of drug-likeness (QED) is 0.490. The number of non-ortho nitro benzene ring substituents is 1. The van der Waals surface area contributed by atoms with Crippen LogP contribution in [0.3, 0.4) is 0 Å². The van der Waals surface area contributed by atoms with Gasteiger partial charge in [-0.1, -0.05) is 17.7 Å². The van der Waals surface area contributed by atoms with Crippen molar-refractivity contribution in [2.24, 2.45) is 0 Å². The zero-order chi connectivity index (χ0) is 17.7. The molecule has 0 saturated heterocycles. The minimum Gasteiger partial charge on any atom is -0.483 e. The maximum absolute atomic E-state index is 11.9. The molecule has 0 unspecified atom stereocenters. The Morgan fingerprint density at radius 1 is 1.38 bits per heavy atom. The van der Waals surface area contributed by atoms with Crippen molar-refractivity contribution >= 4 is 35.2 Å². The van der Waals surface area contributed by atoms with E-state index in [1.807, 2.05) is 0 Å².